The maximum atomic E-state index is 6.38. The SMILES string of the molecule is CCOc1c(Cl)cc(CNC(=NC)NC2CCN(c3ccccc3OC)C2)cc1OC. The van der Waals surface area contributed by atoms with Crippen LogP contribution in [0.4, 0.5) is 5.69 Å². The molecule has 0 saturated carbocycles. The van der Waals surface area contributed by atoms with Gasteiger partial charge in [-0.15, -0.1) is 0 Å². The monoisotopic (exact) mass is 446 g/mol. The molecule has 8 heteroatoms. The number of halogens is 1. The van der Waals surface area contributed by atoms with Crippen molar-refractivity contribution < 1.29 is 14.2 Å². The van der Waals surface area contributed by atoms with Gasteiger partial charge in [-0.25, -0.2) is 0 Å². The number of ether oxygens (including phenoxy) is 3. The van der Waals surface area contributed by atoms with E-state index in [1.807, 2.05) is 37.3 Å². The molecule has 1 saturated heterocycles. The van der Waals surface area contributed by atoms with Gasteiger partial charge in [0.05, 0.1) is 31.5 Å². The molecule has 0 spiro atoms. The zero-order valence-electron chi connectivity index (χ0n) is 18.6. The molecule has 0 aliphatic carbocycles. The smallest absolute Gasteiger partial charge is 0.191 e. The van der Waals surface area contributed by atoms with E-state index in [-0.39, 0.29) is 6.04 Å². The Morgan fingerprint density at radius 3 is 2.68 bits per heavy atom. The van der Waals surface area contributed by atoms with Crippen LogP contribution in [-0.4, -0.2) is 53.0 Å². The van der Waals surface area contributed by atoms with E-state index in [0.29, 0.717) is 29.7 Å². The van der Waals surface area contributed by atoms with Crippen molar-refractivity contribution in [3.63, 3.8) is 0 Å². The van der Waals surface area contributed by atoms with Gasteiger partial charge in [0, 0.05) is 32.7 Å². The average molecular weight is 447 g/mol. The zero-order valence-corrected chi connectivity index (χ0v) is 19.3. The van der Waals surface area contributed by atoms with Crippen LogP contribution >= 0.6 is 11.6 Å². The number of nitrogens with one attached hydrogen (secondary N) is 2. The molecule has 0 aromatic heterocycles. The van der Waals surface area contributed by atoms with Crippen LogP contribution in [0.25, 0.3) is 0 Å². The summed E-state index contributed by atoms with van der Waals surface area (Å²) in [6.45, 7) is 4.84. The van der Waals surface area contributed by atoms with Gasteiger partial charge < -0.3 is 29.7 Å². The molecule has 2 aromatic rings. The number of benzene rings is 2. The van der Waals surface area contributed by atoms with Crippen LogP contribution in [0.2, 0.25) is 5.02 Å². The number of hydrogen-bond donors (Lipinski definition) is 2. The lowest BCUT2D eigenvalue weighted by Crippen LogP contribution is -2.44. The van der Waals surface area contributed by atoms with Gasteiger partial charge in [-0.05, 0) is 43.2 Å². The van der Waals surface area contributed by atoms with Crippen molar-refractivity contribution in [2.24, 2.45) is 4.99 Å². The van der Waals surface area contributed by atoms with Crippen LogP contribution in [-0.2, 0) is 6.54 Å². The molecular formula is C23H31ClN4O3. The summed E-state index contributed by atoms with van der Waals surface area (Å²) in [6, 6.07) is 12.2. The number of rotatable bonds is 8. The fourth-order valence-electron chi connectivity index (χ4n) is 3.72. The topological polar surface area (TPSA) is 67.4 Å². The van der Waals surface area contributed by atoms with Crippen molar-refractivity contribution in [2.45, 2.75) is 25.9 Å². The summed E-state index contributed by atoms with van der Waals surface area (Å²) >= 11 is 6.38. The van der Waals surface area contributed by atoms with Crippen LogP contribution in [0.3, 0.4) is 0 Å². The van der Waals surface area contributed by atoms with Crippen LogP contribution in [0, 0.1) is 0 Å². The van der Waals surface area contributed by atoms with Gasteiger partial charge in [0.2, 0.25) is 0 Å². The Labute approximate surface area is 189 Å². The van der Waals surface area contributed by atoms with E-state index < -0.39 is 0 Å². The Bertz CT molecular complexity index is 906. The minimum atomic E-state index is 0.287. The lowest BCUT2D eigenvalue weighted by molar-refractivity contribution is 0.311. The third kappa shape index (κ3) is 5.67. The van der Waals surface area contributed by atoms with Crippen molar-refractivity contribution in [2.75, 3.05) is 45.9 Å². The third-order valence-electron chi connectivity index (χ3n) is 5.22. The molecule has 2 aromatic carbocycles. The fraction of sp³-hybridized carbons (Fsp3) is 0.435. The van der Waals surface area contributed by atoms with E-state index in [1.165, 1.54) is 0 Å². The van der Waals surface area contributed by atoms with E-state index in [1.54, 1.807) is 21.3 Å². The number of guanidine groups is 1. The minimum Gasteiger partial charge on any atom is -0.495 e. The largest absolute Gasteiger partial charge is 0.495 e. The molecule has 1 atom stereocenters. The van der Waals surface area contributed by atoms with Crippen molar-refractivity contribution in [1.82, 2.24) is 10.6 Å². The first-order valence-corrected chi connectivity index (χ1v) is 10.8. The molecule has 168 valence electrons. The van der Waals surface area contributed by atoms with E-state index in [9.17, 15) is 0 Å². The second-order valence-electron chi connectivity index (χ2n) is 7.22. The highest BCUT2D eigenvalue weighted by molar-refractivity contribution is 6.32. The summed E-state index contributed by atoms with van der Waals surface area (Å²) in [5.41, 5.74) is 2.10. The van der Waals surface area contributed by atoms with Crippen LogP contribution in [0.15, 0.2) is 41.4 Å². The van der Waals surface area contributed by atoms with Crippen molar-refractivity contribution >= 4 is 23.2 Å². The lowest BCUT2D eigenvalue weighted by Gasteiger charge is -2.22. The minimum absolute atomic E-state index is 0.287. The van der Waals surface area contributed by atoms with Crippen LogP contribution < -0.4 is 29.7 Å². The highest BCUT2D eigenvalue weighted by atomic mass is 35.5. The second-order valence-corrected chi connectivity index (χ2v) is 7.62. The molecule has 1 fully saturated rings. The molecule has 1 aliphatic rings. The molecule has 0 bridgehead atoms. The summed E-state index contributed by atoms with van der Waals surface area (Å²) in [4.78, 5) is 6.71. The molecule has 0 amide bonds. The standard InChI is InChI=1S/C23H31ClN4O3/c1-5-31-22-18(24)12-16(13-21(22)30-4)14-26-23(25-2)27-17-10-11-28(15-17)19-8-6-7-9-20(19)29-3/h6-9,12-13,17H,5,10-11,14-15H2,1-4H3,(H2,25,26,27). The second kappa shape index (κ2) is 11.0. The number of methoxy groups -OCH3 is 2. The number of hydrogen-bond acceptors (Lipinski definition) is 5. The lowest BCUT2D eigenvalue weighted by atomic mass is 10.2. The number of anilines is 1. The predicted molar refractivity (Wildman–Crippen MR) is 126 cm³/mol. The normalized spacial score (nSPS) is 16.2. The summed E-state index contributed by atoms with van der Waals surface area (Å²) in [6.07, 6.45) is 1.02. The summed E-state index contributed by atoms with van der Waals surface area (Å²) in [5.74, 6) is 2.83. The van der Waals surface area contributed by atoms with Gasteiger partial charge in [0.25, 0.3) is 0 Å². The number of nitrogens with zero attached hydrogens (tertiary/aromatic N) is 2. The molecular weight excluding hydrogens is 416 g/mol. The number of para-hydroxylation sites is 2. The maximum absolute atomic E-state index is 6.38. The van der Waals surface area contributed by atoms with Gasteiger partial charge in [0.1, 0.15) is 5.75 Å². The molecule has 31 heavy (non-hydrogen) atoms. The Hall–Kier alpha value is -2.80. The fourth-order valence-corrected chi connectivity index (χ4v) is 4.01. The Balaban J connectivity index is 1.59. The molecule has 7 nitrogen and oxygen atoms in total. The molecule has 1 unspecified atom stereocenters. The third-order valence-corrected chi connectivity index (χ3v) is 5.50. The zero-order chi connectivity index (χ0) is 22.2. The van der Waals surface area contributed by atoms with Gasteiger partial charge in [-0.3, -0.25) is 4.99 Å². The molecule has 1 heterocycles. The maximum Gasteiger partial charge on any atom is 0.191 e. The van der Waals surface area contributed by atoms with E-state index in [4.69, 9.17) is 25.8 Å². The van der Waals surface area contributed by atoms with Gasteiger partial charge in [0.15, 0.2) is 17.5 Å². The quantitative estimate of drug-likeness (QED) is 0.476. The van der Waals surface area contributed by atoms with Crippen molar-refractivity contribution in [3.8, 4) is 17.2 Å². The van der Waals surface area contributed by atoms with Gasteiger partial charge in [-0.1, -0.05) is 23.7 Å². The highest BCUT2D eigenvalue weighted by Gasteiger charge is 2.25. The van der Waals surface area contributed by atoms with E-state index in [0.717, 1.165) is 42.5 Å². The number of aliphatic imine (C=N–C) groups is 1. The van der Waals surface area contributed by atoms with Crippen LogP contribution in [0.1, 0.15) is 18.9 Å². The van der Waals surface area contributed by atoms with E-state index in [2.05, 4.69) is 26.6 Å². The Kier molecular flexibility index (Phi) is 8.12. The summed E-state index contributed by atoms with van der Waals surface area (Å²) in [5, 5.41) is 7.41. The molecule has 2 N–H and O–H groups in total. The average Bonchev–Trinajstić information content (AvgIpc) is 3.26. The molecule has 0 radical (unpaired) electrons. The molecule has 3 rings (SSSR count). The van der Waals surface area contributed by atoms with Gasteiger partial charge in [-0.2, -0.15) is 0 Å². The van der Waals surface area contributed by atoms with Gasteiger partial charge >= 0.3 is 0 Å². The first-order chi connectivity index (χ1) is 15.1. The first kappa shape index (κ1) is 22.9. The van der Waals surface area contributed by atoms with Crippen molar-refractivity contribution in [1.29, 1.82) is 0 Å². The van der Waals surface area contributed by atoms with Crippen LogP contribution in [0.5, 0.6) is 17.2 Å². The predicted octanol–water partition coefficient (Wildman–Crippen LogP) is 3.70. The van der Waals surface area contributed by atoms with Crippen molar-refractivity contribution in [3.05, 3.63) is 47.0 Å². The first-order valence-electron chi connectivity index (χ1n) is 10.4. The highest BCUT2D eigenvalue weighted by Crippen LogP contribution is 2.36. The Morgan fingerprint density at radius 1 is 1.19 bits per heavy atom. The summed E-state index contributed by atoms with van der Waals surface area (Å²) in [7, 11) is 5.09. The van der Waals surface area contributed by atoms with E-state index >= 15 is 0 Å². The Morgan fingerprint density at radius 2 is 1.97 bits per heavy atom. The summed E-state index contributed by atoms with van der Waals surface area (Å²) < 4.78 is 16.5. The molecule has 1 aliphatic heterocycles.